The topological polar surface area (TPSA) is 62.3 Å². The van der Waals surface area contributed by atoms with Crippen LogP contribution in [0.5, 0.6) is 0 Å². The molecule has 0 radical (unpaired) electrons. The van der Waals surface area contributed by atoms with Crippen molar-refractivity contribution in [3.63, 3.8) is 0 Å². The smallest absolute Gasteiger partial charge is 0.227 e. The minimum Gasteiger partial charge on any atom is -0.335 e. The van der Waals surface area contributed by atoms with E-state index in [1.54, 1.807) is 30.2 Å². The van der Waals surface area contributed by atoms with Crippen LogP contribution in [0.3, 0.4) is 0 Å². The van der Waals surface area contributed by atoms with Crippen LogP contribution in [0.25, 0.3) is 0 Å². The average molecular weight is 309 g/mol. The summed E-state index contributed by atoms with van der Waals surface area (Å²) in [6.07, 6.45) is 2.69. The molecule has 23 heavy (non-hydrogen) atoms. The van der Waals surface area contributed by atoms with Crippen LogP contribution in [0, 0.1) is 0 Å². The molecule has 2 aromatic rings. The predicted octanol–water partition coefficient (Wildman–Crippen LogP) is 2.56. The molecule has 2 heterocycles. The Morgan fingerprint density at radius 2 is 2.00 bits per heavy atom. The summed E-state index contributed by atoms with van der Waals surface area (Å²) in [7, 11) is 0. The van der Waals surface area contributed by atoms with Gasteiger partial charge < -0.3 is 10.2 Å². The number of benzene rings is 1. The van der Waals surface area contributed by atoms with Crippen molar-refractivity contribution in [2.75, 3.05) is 11.9 Å². The molecule has 3 rings (SSSR count). The summed E-state index contributed by atoms with van der Waals surface area (Å²) in [5, 5.41) is 2.79. The molecule has 118 valence electrons. The first-order valence-corrected chi connectivity index (χ1v) is 7.71. The normalized spacial score (nSPS) is 16.6. The predicted molar refractivity (Wildman–Crippen MR) is 87.8 cm³/mol. The van der Waals surface area contributed by atoms with Crippen LogP contribution in [-0.2, 0) is 16.0 Å². The third-order valence-corrected chi connectivity index (χ3v) is 4.13. The summed E-state index contributed by atoms with van der Waals surface area (Å²) in [4.78, 5) is 30.2. The van der Waals surface area contributed by atoms with Gasteiger partial charge in [0.15, 0.2) is 0 Å². The second kappa shape index (κ2) is 6.60. The van der Waals surface area contributed by atoms with E-state index in [0.29, 0.717) is 12.4 Å². The van der Waals surface area contributed by atoms with Gasteiger partial charge >= 0.3 is 0 Å². The molecule has 0 aliphatic carbocycles. The molecule has 1 aliphatic rings. The fourth-order valence-electron chi connectivity index (χ4n) is 3.05. The Bertz CT molecular complexity index is 715. The maximum atomic E-state index is 12.4. The van der Waals surface area contributed by atoms with Gasteiger partial charge in [-0.3, -0.25) is 9.59 Å². The summed E-state index contributed by atoms with van der Waals surface area (Å²) >= 11 is 0. The van der Waals surface area contributed by atoms with E-state index in [0.717, 1.165) is 12.0 Å². The summed E-state index contributed by atoms with van der Waals surface area (Å²) < 4.78 is 0. The summed E-state index contributed by atoms with van der Waals surface area (Å²) in [5.74, 6) is 0.378. The van der Waals surface area contributed by atoms with Crippen molar-refractivity contribution in [2.24, 2.45) is 0 Å². The Kier molecular flexibility index (Phi) is 4.37. The Labute approximate surface area is 135 Å². The number of nitrogens with one attached hydrogen (secondary N) is 1. The molecule has 1 aromatic carbocycles. The van der Waals surface area contributed by atoms with Crippen molar-refractivity contribution in [1.29, 1.82) is 0 Å². The molecule has 0 saturated carbocycles. The zero-order valence-electron chi connectivity index (χ0n) is 13.0. The first-order chi connectivity index (χ1) is 11.1. The number of carbonyl (C=O) groups excluding carboxylic acids is 2. The Morgan fingerprint density at radius 1 is 1.22 bits per heavy atom. The quantitative estimate of drug-likeness (QED) is 0.948. The van der Waals surface area contributed by atoms with Crippen LogP contribution in [0.4, 0.5) is 5.82 Å². The number of carbonyl (C=O) groups is 2. The van der Waals surface area contributed by atoms with Gasteiger partial charge in [-0.25, -0.2) is 4.98 Å². The van der Waals surface area contributed by atoms with Gasteiger partial charge in [0.25, 0.3) is 0 Å². The van der Waals surface area contributed by atoms with Crippen LogP contribution >= 0.6 is 0 Å². The van der Waals surface area contributed by atoms with E-state index in [9.17, 15) is 9.59 Å². The lowest BCUT2D eigenvalue weighted by Crippen LogP contribution is -2.40. The fourth-order valence-corrected chi connectivity index (χ4v) is 3.05. The standard InChI is InChI=1S/C18H19N3O2/c1-13(22)21-11-9-14-6-2-3-7-15(14)16(21)12-18(23)20-17-8-4-5-10-19-17/h2-8,10,16H,9,11-12H2,1H3,(H,19,20,23)/t16-/m1/s1. The van der Waals surface area contributed by atoms with E-state index < -0.39 is 0 Å². The van der Waals surface area contributed by atoms with Crippen LogP contribution < -0.4 is 5.32 Å². The number of hydrogen-bond acceptors (Lipinski definition) is 3. The van der Waals surface area contributed by atoms with Gasteiger partial charge in [-0.15, -0.1) is 0 Å². The van der Waals surface area contributed by atoms with Gasteiger partial charge in [0.05, 0.1) is 12.5 Å². The second-order valence-corrected chi connectivity index (χ2v) is 5.64. The van der Waals surface area contributed by atoms with Gasteiger partial charge in [0.2, 0.25) is 11.8 Å². The number of hydrogen-bond donors (Lipinski definition) is 1. The van der Waals surface area contributed by atoms with Gasteiger partial charge in [-0.1, -0.05) is 30.3 Å². The number of amides is 2. The summed E-state index contributed by atoms with van der Waals surface area (Å²) in [5.41, 5.74) is 2.27. The minimum atomic E-state index is -0.221. The van der Waals surface area contributed by atoms with E-state index in [2.05, 4.69) is 16.4 Å². The molecule has 1 aliphatic heterocycles. The molecule has 0 spiro atoms. The third-order valence-electron chi connectivity index (χ3n) is 4.13. The first-order valence-electron chi connectivity index (χ1n) is 7.71. The first kappa shape index (κ1) is 15.2. The van der Waals surface area contributed by atoms with Crippen LogP contribution in [0.2, 0.25) is 0 Å². The Morgan fingerprint density at radius 3 is 2.74 bits per heavy atom. The van der Waals surface area contributed by atoms with Crippen molar-refractivity contribution in [2.45, 2.75) is 25.8 Å². The van der Waals surface area contributed by atoms with Gasteiger partial charge in [0.1, 0.15) is 5.82 Å². The molecule has 1 N–H and O–H groups in total. The maximum Gasteiger partial charge on any atom is 0.227 e. The zero-order chi connectivity index (χ0) is 16.2. The minimum absolute atomic E-state index is 0.00450. The summed E-state index contributed by atoms with van der Waals surface area (Å²) in [6.45, 7) is 2.20. The molecule has 5 nitrogen and oxygen atoms in total. The van der Waals surface area contributed by atoms with E-state index in [4.69, 9.17) is 0 Å². The highest BCUT2D eigenvalue weighted by molar-refractivity contribution is 5.90. The number of fused-ring (bicyclic) bond motifs is 1. The second-order valence-electron chi connectivity index (χ2n) is 5.64. The molecule has 5 heteroatoms. The van der Waals surface area contributed by atoms with Gasteiger partial charge in [-0.2, -0.15) is 0 Å². The highest BCUT2D eigenvalue weighted by atomic mass is 16.2. The number of rotatable bonds is 3. The van der Waals surface area contributed by atoms with Crippen LogP contribution in [0.1, 0.15) is 30.5 Å². The number of nitrogens with zero attached hydrogens (tertiary/aromatic N) is 2. The number of pyridine rings is 1. The van der Waals surface area contributed by atoms with Crippen molar-refractivity contribution >= 4 is 17.6 Å². The monoisotopic (exact) mass is 309 g/mol. The lowest BCUT2D eigenvalue weighted by molar-refractivity contribution is -0.132. The van der Waals surface area contributed by atoms with Crippen molar-refractivity contribution < 1.29 is 9.59 Å². The number of anilines is 1. The maximum absolute atomic E-state index is 12.4. The van der Waals surface area contributed by atoms with E-state index in [1.165, 1.54) is 5.56 Å². The fraction of sp³-hybridized carbons (Fsp3) is 0.278. The lowest BCUT2D eigenvalue weighted by atomic mass is 9.90. The third kappa shape index (κ3) is 3.39. The van der Waals surface area contributed by atoms with Crippen molar-refractivity contribution in [3.8, 4) is 0 Å². The number of aromatic nitrogens is 1. The molecule has 2 amide bonds. The van der Waals surface area contributed by atoms with Gasteiger partial charge in [0, 0.05) is 19.7 Å². The highest BCUT2D eigenvalue weighted by Gasteiger charge is 2.30. The highest BCUT2D eigenvalue weighted by Crippen LogP contribution is 2.32. The Balaban J connectivity index is 1.80. The molecule has 0 bridgehead atoms. The van der Waals surface area contributed by atoms with Crippen molar-refractivity contribution in [1.82, 2.24) is 9.88 Å². The Hall–Kier alpha value is -2.69. The summed E-state index contributed by atoms with van der Waals surface area (Å²) in [6, 6.07) is 13.2. The van der Waals surface area contributed by atoms with E-state index in [-0.39, 0.29) is 24.3 Å². The molecular weight excluding hydrogens is 290 g/mol. The average Bonchev–Trinajstić information content (AvgIpc) is 2.55. The zero-order valence-corrected chi connectivity index (χ0v) is 13.0. The largest absolute Gasteiger partial charge is 0.335 e. The molecule has 1 atom stereocenters. The van der Waals surface area contributed by atoms with Crippen LogP contribution in [0.15, 0.2) is 48.7 Å². The molecular formula is C18H19N3O2. The molecule has 0 unspecified atom stereocenters. The lowest BCUT2D eigenvalue weighted by Gasteiger charge is -2.36. The van der Waals surface area contributed by atoms with Gasteiger partial charge in [-0.05, 0) is 29.7 Å². The SMILES string of the molecule is CC(=O)N1CCc2ccccc2[C@H]1CC(=O)Nc1ccccn1. The molecule has 0 fully saturated rings. The molecule has 0 saturated heterocycles. The van der Waals surface area contributed by atoms with Crippen molar-refractivity contribution in [3.05, 3.63) is 59.8 Å². The van der Waals surface area contributed by atoms with E-state index >= 15 is 0 Å². The van der Waals surface area contributed by atoms with Crippen LogP contribution in [-0.4, -0.2) is 28.2 Å². The molecule has 1 aromatic heterocycles. The van der Waals surface area contributed by atoms with E-state index in [1.807, 2.05) is 24.3 Å².